The van der Waals surface area contributed by atoms with E-state index in [2.05, 4.69) is 23.9 Å². The molecule has 2 saturated carbocycles. The first-order valence-electron chi connectivity index (χ1n) is 5.22. The van der Waals surface area contributed by atoms with Crippen LogP contribution in [-0.4, -0.2) is 11.6 Å². The van der Waals surface area contributed by atoms with E-state index < -0.39 is 0 Å². The summed E-state index contributed by atoms with van der Waals surface area (Å²) in [6.45, 7) is 6.59. The van der Waals surface area contributed by atoms with Crippen LogP contribution in [0.15, 0.2) is 5.11 Å². The van der Waals surface area contributed by atoms with Gasteiger partial charge in [-0.3, -0.25) is 0 Å². The molecule has 0 saturated heterocycles. The molecule has 2 aliphatic rings. The Morgan fingerprint density at radius 1 is 1.36 bits per heavy atom. The third-order valence-corrected chi connectivity index (χ3v) is 4.38. The SMILES string of the molecule is CC1(C)[C@@H]2C[C@H](N=[N+]=[N-])[C@@](C)(N)C[C@@H]21. The molecule has 2 fully saturated rings. The van der Waals surface area contributed by atoms with Gasteiger partial charge < -0.3 is 5.73 Å². The average molecular weight is 194 g/mol. The lowest BCUT2D eigenvalue weighted by Crippen LogP contribution is -2.49. The number of azide groups is 1. The van der Waals surface area contributed by atoms with Crippen molar-refractivity contribution in [1.29, 1.82) is 0 Å². The zero-order chi connectivity index (χ0) is 10.6. The first kappa shape index (κ1) is 9.81. The van der Waals surface area contributed by atoms with Crippen molar-refractivity contribution in [2.75, 3.05) is 0 Å². The van der Waals surface area contributed by atoms with Crippen LogP contribution in [0.5, 0.6) is 0 Å². The van der Waals surface area contributed by atoms with E-state index in [9.17, 15) is 0 Å². The molecule has 2 rings (SSSR count). The molecule has 0 spiro atoms. The predicted octanol–water partition coefficient (Wildman–Crippen LogP) is 2.45. The molecule has 0 amide bonds. The fourth-order valence-electron chi connectivity index (χ4n) is 3.09. The van der Waals surface area contributed by atoms with Crippen LogP contribution in [0.1, 0.15) is 33.6 Å². The maximum atomic E-state index is 8.48. The summed E-state index contributed by atoms with van der Waals surface area (Å²) in [6, 6.07) is -0.0180. The lowest BCUT2D eigenvalue weighted by Gasteiger charge is -2.34. The summed E-state index contributed by atoms with van der Waals surface area (Å²) in [5.74, 6) is 1.46. The lowest BCUT2D eigenvalue weighted by atomic mass is 9.80. The summed E-state index contributed by atoms with van der Waals surface area (Å²) in [7, 11) is 0. The molecule has 0 radical (unpaired) electrons. The van der Waals surface area contributed by atoms with E-state index in [1.54, 1.807) is 0 Å². The van der Waals surface area contributed by atoms with Crippen molar-refractivity contribution >= 4 is 0 Å². The number of hydrogen-bond acceptors (Lipinski definition) is 2. The highest BCUT2D eigenvalue weighted by Crippen LogP contribution is 2.66. The monoisotopic (exact) mass is 194 g/mol. The van der Waals surface area contributed by atoms with Gasteiger partial charge in [0.15, 0.2) is 0 Å². The van der Waals surface area contributed by atoms with E-state index in [1.807, 2.05) is 6.92 Å². The lowest BCUT2D eigenvalue weighted by molar-refractivity contribution is 0.264. The highest BCUT2D eigenvalue weighted by Gasteiger charge is 2.63. The Labute approximate surface area is 84.5 Å². The number of rotatable bonds is 1. The largest absolute Gasteiger partial charge is 0.325 e. The molecule has 0 heterocycles. The molecule has 14 heavy (non-hydrogen) atoms. The van der Waals surface area contributed by atoms with Gasteiger partial charge in [-0.25, -0.2) is 0 Å². The van der Waals surface area contributed by atoms with Gasteiger partial charge in [-0.1, -0.05) is 19.0 Å². The van der Waals surface area contributed by atoms with Gasteiger partial charge in [0, 0.05) is 10.5 Å². The molecule has 4 heteroatoms. The van der Waals surface area contributed by atoms with Crippen molar-refractivity contribution in [3.05, 3.63) is 10.4 Å². The van der Waals surface area contributed by atoms with E-state index in [0.29, 0.717) is 5.41 Å². The van der Waals surface area contributed by atoms with Gasteiger partial charge in [0.05, 0.1) is 6.04 Å². The van der Waals surface area contributed by atoms with Gasteiger partial charge >= 0.3 is 0 Å². The van der Waals surface area contributed by atoms with Crippen LogP contribution in [0.3, 0.4) is 0 Å². The third-order valence-electron chi connectivity index (χ3n) is 4.38. The van der Waals surface area contributed by atoms with Gasteiger partial charge in [0.1, 0.15) is 0 Å². The maximum absolute atomic E-state index is 8.48. The van der Waals surface area contributed by atoms with Crippen molar-refractivity contribution in [1.82, 2.24) is 0 Å². The van der Waals surface area contributed by atoms with Crippen LogP contribution >= 0.6 is 0 Å². The molecule has 2 aliphatic carbocycles. The highest BCUT2D eigenvalue weighted by molar-refractivity contribution is 5.15. The molecule has 4 nitrogen and oxygen atoms in total. The van der Waals surface area contributed by atoms with E-state index in [0.717, 1.165) is 24.7 Å². The van der Waals surface area contributed by atoms with Crippen LogP contribution in [0.2, 0.25) is 0 Å². The fraction of sp³-hybridized carbons (Fsp3) is 1.00. The van der Waals surface area contributed by atoms with Crippen molar-refractivity contribution in [2.24, 2.45) is 28.1 Å². The Morgan fingerprint density at radius 3 is 2.57 bits per heavy atom. The van der Waals surface area contributed by atoms with Crippen molar-refractivity contribution in [3.63, 3.8) is 0 Å². The fourth-order valence-corrected chi connectivity index (χ4v) is 3.09. The van der Waals surface area contributed by atoms with Gasteiger partial charge in [-0.2, -0.15) is 0 Å². The molecule has 4 atom stereocenters. The first-order valence-corrected chi connectivity index (χ1v) is 5.22. The van der Waals surface area contributed by atoms with E-state index in [4.69, 9.17) is 11.3 Å². The van der Waals surface area contributed by atoms with E-state index in [1.165, 1.54) is 0 Å². The molecule has 2 N–H and O–H groups in total. The molecule has 0 aliphatic heterocycles. The third kappa shape index (κ3) is 1.22. The van der Waals surface area contributed by atoms with Crippen LogP contribution in [0, 0.1) is 17.3 Å². The Kier molecular flexibility index (Phi) is 1.85. The normalized spacial score (nSPS) is 49.0. The second-order valence-corrected chi connectivity index (χ2v) is 5.70. The summed E-state index contributed by atoms with van der Waals surface area (Å²) in [4.78, 5) is 2.90. The van der Waals surface area contributed by atoms with Gasteiger partial charge in [-0.15, -0.1) is 0 Å². The minimum absolute atomic E-state index is 0.0180. The zero-order valence-corrected chi connectivity index (χ0v) is 9.07. The van der Waals surface area contributed by atoms with Gasteiger partial charge in [0.25, 0.3) is 0 Å². The van der Waals surface area contributed by atoms with Gasteiger partial charge in [0.2, 0.25) is 0 Å². The quantitative estimate of drug-likeness (QED) is 0.388. The number of nitrogens with zero attached hydrogens (tertiary/aromatic N) is 3. The highest BCUT2D eigenvalue weighted by atomic mass is 15.2. The molecule has 0 bridgehead atoms. The Morgan fingerprint density at radius 2 is 2.00 bits per heavy atom. The number of nitrogens with two attached hydrogens (primary N) is 1. The smallest absolute Gasteiger partial charge is 0.0554 e. The Balaban J connectivity index is 2.19. The van der Waals surface area contributed by atoms with E-state index >= 15 is 0 Å². The molecule has 0 unspecified atom stereocenters. The second-order valence-electron chi connectivity index (χ2n) is 5.70. The summed E-state index contributed by atoms with van der Waals surface area (Å²) >= 11 is 0. The van der Waals surface area contributed by atoms with Crippen molar-refractivity contribution < 1.29 is 0 Å². The van der Waals surface area contributed by atoms with Crippen LogP contribution < -0.4 is 5.73 Å². The summed E-state index contributed by atoms with van der Waals surface area (Å²) in [6.07, 6.45) is 1.96. The second kappa shape index (κ2) is 2.65. The predicted molar refractivity (Wildman–Crippen MR) is 55.5 cm³/mol. The van der Waals surface area contributed by atoms with Crippen LogP contribution in [-0.2, 0) is 0 Å². The molecule has 0 aromatic rings. The minimum atomic E-state index is -0.304. The number of hydrogen-bond donors (Lipinski definition) is 1. The average Bonchev–Trinajstić information content (AvgIpc) is 2.54. The minimum Gasteiger partial charge on any atom is -0.325 e. The summed E-state index contributed by atoms with van der Waals surface area (Å²) in [5.41, 5.74) is 14.8. The standard InChI is InChI=1S/C10H18N4/c1-9(2)6-4-8(13-14-12)10(3,11)5-7(6)9/h6-8H,4-5,11H2,1-3H3/t6-,7+,8+,10+/m1/s1. The van der Waals surface area contributed by atoms with Crippen LogP contribution in [0.4, 0.5) is 0 Å². The zero-order valence-electron chi connectivity index (χ0n) is 9.07. The van der Waals surface area contributed by atoms with Crippen molar-refractivity contribution in [2.45, 2.75) is 45.2 Å². The van der Waals surface area contributed by atoms with Crippen molar-refractivity contribution in [3.8, 4) is 0 Å². The molecule has 0 aromatic heterocycles. The summed E-state index contributed by atoms with van der Waals surface area (Å²) in [5, 5.41) is 3.83. The van der Waals surface area contributed by atoms with E-state index in [-0.39, 0.29) is 11.6 Å². The topological polar surface area (TPSA) is 74.8 Å². The molecular formula is C10H18N4. The Bertz CT molecular complexity index is 301. The van der Waals surface area contributed by atoms with Crippen LogP contribution in [0.25, 0.3) is 10.4 Å². The number of fused-ring (bicyclic) bond motifs is 1. The summed E-state index contributed by atoms with van der Waals surface area (Å²) < 4.78 is 0. The Hall–Kier alpha value is -0.730. The maximum Gasteiger partial charge on any atom is 0.0554 e. The molecule has 78 valence electrons. The first-order chi connectivity index (χ1) is 6.39. The van der Waals surface area contributed by atoms with Gasteiger partial charge in [-0.05, 0) is 42.5 Å². The molecular weight excluding hydrogens is 176 g/mol. The molecule has 0 aromatic carbocycles.